The number of benzene rings is 2. The Balaban J connectivity index is 1.17. The van der Waals surface area contributed by atoms with E-state index in [4.69, 9.17) is 19.3 Å². The zero-order valence-corrected chi connectivity index (χ0v) is 19.3. The Labute approximate surface area is 204 Å². The predicted molar refractivity (Wildman–Crippen MR) is 129 cm³/mol. The van der Waals surface area contributed by atoms with Crippen molar-refractivity contribution in [3.63, 3.8) is 0 Å². The molecule has 8 heteroatoms. The molecule has 1 aliphatic rings. The van der Waals surface area contributed by atoms with Gasteiger partial charge < -0.3 is 24.2 Å². The summed E-state index contributed by atoms with van der Waals surface area (Å²) >= 11 is 0. The first kappa shape index (κ1) is 24.1. The number of hydrogen-bond acceptors (Lipinski definition) is 6. The van der Waals surface area contributed by atoms with E-state index in [1.54, 1.807) is 53.7 Å². The minimum Gasteiger partial charge on any atom is -0.493 e. The summed E-state index contributed by atoms with van der Waals surface area (Å²) in [5.74, 6) is 1.13. The van der Waals surface area contributed by atoms with Crippen LogP contribution in [0.5, 0.6) is 17.2 Å². The van der Waals surface area contributed by atoms with Gasteiger partial charge in [-0.25, -0.2) is 4.79 Å². The largest absolute Gasteiger partial charge is 0.493 e. The summed E-state index contributed by atoms with van der Waals surface area (Å²) in [6.45, 7) is 1.64. The Kier molecular flexibility index (Phi) is 8.17. The summed E-state index contributed by atoms with van der Waals surface area (Å²) in [6, 6.07) is 18.2. The second kappa shape index (κ2) is 11.9. The van der Waals surface area contributed by atoms with E-state index in [0.717, 1.165) is 23.3 Å². The van der Waals surface area contributed by atoms with Gasteiger partial charge in [0.2, 0.25) is 0 Å². The number of pyridine rings is 1. The molecule has 0 unspecified atom stereocenters. The maximum absolute atomic E-state index is 12.6. The van der Waals surface area contributed by atoms with Gasteiger partial charge in [-0.15, -0.1) is 0 Å². The summed E-state index contributed by atoms with van der Waals surface area (Å²) in [5, 5.41) is 8.86. The van der Waals surface area contributed by atoms with E-state index in [2.05, 4.69) is 4.98 Å². The Morgan fingerprint density at radius 3 is 2.14 bits per heavy atom. The minimum absolute atomic E-state index is 0.00183. The third kappa shape index (κ3) is 7.46. The lowest BCUT2D eigenvalue weighted by molar-refractivity contribution is -0.136. The molecule has 1 aliphatic heterocycles. The third-order valence-electron chi connectivity index (χ3n) is 5.72. The molecule has 0 spiro atoms. The van der Waals surface area contributed by atoms with Crippen molar-refractivity contribution in [1.82, 2.24) is 9.88 Å². The first-order chi connectivity index (χ1) is 17.0. The maximum atomic E-state index is 12.6. The predicted octanol–water partition coefficient (Wildman–Crippen LogP) is 4.37. The zero-order valence-electron chi connectivity index (χ0n) is 19.3. The first-order valence-electron chi connectivity index (χ1n) is 11.6. The van der Waals surface area contributed by atoms with Crippen LogP contribution >= 0.6 is 0 Å². The van der Waals surface area contributed by atoms with Gasteiger partial charge in [0.25, 0.3) is 0 Å². The van der Waals surface area contributed by atoms with Crippen LogP contribution in [0.4, 0.5) is 4.79 Å². The molecule has 8 nitrogen and oxygen atoms in total. The molecular formula is C27H28N2O6. The van der Waals surface area contributed by atoms with E-state index in [1.807, 2.05) is 24.3 Å². The molecule has 2 heterocycles. The van der Waals surface area contributed by atoms with Gasteiger partial charge in [0, 0.05) is 44.7 Å². The number of aromatic nitrogens is 1. The number of aliphatic carboxylic acids is 1. The number of rotatable bonds is 9. The number of carboxylic acid groups (broad SMARTS) is 1. The van der Waals surface area contributed by atoms with Gasteiger partial charge in [-0.1, -0.05) is 24.3 Å². The molecule has 1 aromatic heterocycles. The van der Waals surface area contributed by atoms with Crippen molar-refractivity contribution >= 4 is 12.1 Å². The molecule has 4 rings (SSSR count). The van der Waals surface area contributed by atoms with E-state index < -0.39 is 5.97 Å². The van der Waals surface area contributed by atoms with E-state index >= 15 is 0 Å². The molecule has 0 aliphatic carbocycles. The van der Waals surface area contributed by atoms with Crippen molar-refractivity contribution in [3.8, 4) is 17.2 Å². The molecule has 0 saturated carbocycles. The molecule has 1 fully saturated rings. The molecule has 0 bridgehead atoms. The fourth-order valence-electron chi connectivity index (χ4n) is 3.82. The van der Waals surface area contributed by atoms with Gasteiger partial charge >= 0.3 is 12.1 Å². The smallest absolute Gasteiger partial charge is 0.415 e. The summed E-state index contributed by atoms with van der Waals surface area (Å²) < 4.78 is 17.2. The van der Waals surface area contributed by atoms with E-state index in [1.165, 1.54) is 0 Å². The monoisotopic (exact) mass is 476 g/mol. The van der Waals surface area contributed by atoms with Crippen molar-refractivity contribution in [2.24, 2.45) is 0 Å². The second-order valence-corrected chi connectivity index (χ2v) is 8.31. The minimum atomic E-state index is -0.861. The molecule has 1 saturated heterocycles. The lowest BCUT2D eigenvalue weighted by atomic mass is 10.1. The van der Waals surface area contributed by atoms with Gasteiger partial charge in [-0.2, -0.15) is 0 Å². The number of amides is 1. The van der Waals surface area contributed by atoms with Crippen LogP contribution in [-0.4, -0.2) is 52.9 Å². The van der Waals surface area contributed by atoms with Crippen LogP contribution in [-0.2, 0) is 17.6 Å². The lowest BCUT2D eigenvalue weighted by Crippen LogP contribution is -2.43. The van der Waals surface area contributed by atoms with Crippen LogP contribution in [0.1, 0.15) is 24.0 Å². The first-order valence-corrected chi connectivity index (χ1v) is 11.6. The summed E-state index contributed by atoms with van der Waals surface area (Å²) in [4.78, 5) is 29.0. The summed E-state index contributed by atoms with van der Waals surface area (Å²) in [7, 11) is 0. The molecule has 2 aromatic carbocycles. The third-order valence-corrected chi connectivity index (χ3v) is 5.72. The highest BCUT2D eigenvalue weighted by atomic mass is 16.6. The number of piperidine rings is 1. The topological polar surface area (TPSA) is 98.2 Å². The number of nitrogens with zero attached hydrogens (tertiary/aromatic N) is 2. The molecular weight excluding hydrogens is 448 g/mol. The van der Waals surface area contributed by atoms with Crippen LogP contribution in [0.15, 0.2) is 73.1 Å². The van der Waals surface area contributed by atoms with Gasteiger partial charge in [-0.05, 0) is 47.5 Å². The fourth-order valence-corrected chi connectivity index (χ4v) is 3.82. The number of carbonyl (C=O) groups excluding carboxylic acids is 1. The molecule has 3 aromatic rings. The number of hydrogen-bond donors (Lipinski definition) is 1. The van der Waals surface area contributed by atoms with Crippen molar-refractivity contribution in [1.29, 1.82) is 0 Å². The molecule has 0 atom stereocenters. The van der Waals surface area contributed by atoms with Crippen LogP contribution < -0.4 is 14.2 Å². The Morgan fingerprint density at radius 2 is 1.49 bits per heavy atom. The fraction of sp³-hybridized carbons (Fsp3) is 0.296. The molecule has 1 amide bonds. The standard InChI is InChI=1S/C27H28N2O6/c30-26(31)19-21-3-7-23(8-4-21)34-25-11-16-29(17-12-25)27(32)35-24-5-1-20(2-6-24)13-18-33-22-9-14-28-15-10-22/h1-10,14-15,25H,11-13,16-19H2,(H,30,31). The number of likely N-dealkylation sites (tertiary alicyclic amines) is 1. The Morgan fingerprint density at radius 1 is 0.857 bits per heavy atom. The molecule has 35 heavy (non-hydrogen) atoms. The maximum Gasteiger partial charge on any atom is 0.415 e. The lowest BCUT2D eigenvalue weighted by Gasteiger charge is -2.31. The van der Waals surface area contributed by atoms with Gasteiger partial charge in [0.1, 0.15) is 23.4 Å². The highest BCUT2D eigenvalue weighted by molar-refractivity contribution is 5.71. The van der Waals surface area contributed by atoms with Crippen LogP contribution in [0.25, 0.3) is 0 Å². The zero-order chi connectivity index (χ0) is 24.5. The SMILES string of the molecule is O=C(O)Cc1ccc(OC2CCN(C(=O)Oc3ccc(CCOc4ccncc4)cc3)CC2)cc1. The van der Waals surface area contributed by atoms with Crippen molar-refractivity contribution in [3.05, 3.63) is 84.2 Å². The van der Waals surface area contributed by atoms with Crippen LogP contribution in [0, 0.1) is 0 Å². The number of ether oxygens (including phenoxy) is 3. The van der Waals surface area contributed by atoms with Crippen molar-refractivity contribution in [2.75, 3.05) is 19.7 Å². The molecule has 0 radical (unpaired) electrons. The van der Waals surface area contributed by atoms with Gasteiger partial charge in [-0.3, -0.25) is 9.78 Å². The van der Waals surface area contributed by atoms with Crippen LogP contribution in [0.3, 0.4) is 0 Å². The van der Waals surface area contributed by atoms with Gasteiger partial charge in [0.05, 0.1) is 13.0 Å². The average molecular weight is 477 g/mol. The normalized spacial score (nSPS) is 13.8. The Hall–Kier alpha value is -4.07. The van der Waals surface area contributed by atoms with Gasteiger partial charge in [0.15, 0.2) is 0 Å². The van der Waals surface area contributed by atoms with E-state index in [9.17, 15) is 9.59 Å². The van der Waals surface area contributed by atoms with Crippen molar-refractivity contribution in [2.45, 2.75) is 31.8 Å². The quantitative estimate of drug-likeness (QED) is 0.490. The van der Waals surface area contributed by atoms with E-state index in [-0.39, 0.29) is 18.6 Å². The highest BCUT2D eigenvalue weighted by Gasteiger charge is 2.25. The summed E-state index contributed by atoms with van der Waals surface area (Å²) in [5.41, 5.74) is 1.82. The highest BCUT2D eigenvalue weighted by Crippen LogP contribution is 2.21. The summed E-state index contributed by atoms with van der Waals surface area (Å²) in [6.07, 6.45) is 5.14. The van der Waals surface area contributed by atoms with Crippen LogP contribution in [0.2, 0.25) is 0 Å². The molecule has 182 valence electrons. The average Bonchev–Trinajstić information content (AvgIpc) is 2.87. The Bertz CT molecular complexity index is 1090. The second-order valence-electron chi connectivity index (χ2n) is 8.31. The number of carbonyl (C=O) groups is 2. The molecule has 1 N–H and O–H groups in total. The van der Waals surface area contributed by atoms with E-state index in [0.29, 0.717) is 44.0 Å². The number of carboxylic acids is 1. The van der Waals surface area contributed by atoms with Crippen molar-refractivity contribution < 1.29 is 28.9 Å².